The Morgan fingerprint density at radius 2 is 1.76 bits per heavy atom. The molecule has 0 aliphatic heterocycles. The number of methoxy groups -OCH3 is 1. The van der Waals surface area contributed by atoms with Crippen LogP contribution in [0.15, 0.2) is 54.6 Å². The zero-order valence-corrected chi connectivity index (χ0v) is 12.5. The average Bonchev–Trinajstić information content (AvgIpc) is 2.53. The molecule has 3 aromatic carbocycles. The van der Waals surface area contributed by atoms with E-state index in [0.717, 1.165) is 33.2 Å². The Hall–Kier alpha value is -2.03. The molecule has 2 nitrogen and oxygen atoms in total. The van der Waals surface area contributed by atoms with E-state index >= 15 is 0 Å². The molecule has 3 aromatic rings. The second-order valence-electron chi connectivity index (χ2n) is 4.87. The molecule has 3 heteroatoms. The average molecular weight is 298 g/mol. The van der Waals surface area contributed by atoms with Gasteiger partial charge >= 0.3 is 0 Å². The number of ether oxygens (including phenoxy) is 1. The van der Waals surface area contributed by atoms with E-state index in [0.29, 0.717) is 11.6 Å². The Morgan fingerprint density at radius 3 is 2.43 bits per heavy atom. The largest absolute Gasteiger partial charge is 0.496 e. The lowest BCUT2D eigenvalue weighted by molar-refractivity contribution is 0.420. The first-order valence-electron chi connectivity index (χ1n) is 6.79. The number of hydrogen-bond donors (Lipinski definition) is 1. The first kappa shape index (κ1) is 13.9. The van der Waals surface area contributed by atoms with Gasteiger partial charge in [-0.1, -0.05) is 54.1 Å². The van der Waals surface area contributed by atoms with Crippen molar-refractivity contribution in [2.45, 2.75) is 6.54 Å². The molecular weight excluding hydrogens is 282 g/mol. The van der Waals surface area contributed by atoms with Gasteiger partial charge in [0.15, 0.2) is 0 Å². The van der Waals surface area contributed by atoms with E-state index in [1.807, 2.05) is 30.3 Å². The van der Waals surface area contributed by atoms with Crippen LogP contribution in [0.5, 0.6) is 5.75 Å². The second kappa shape index (κ2) is 5.76. The minimum atomic E-state index is 0.447. The number of nitrogens with two attached hydrogens (primary N) is 1. The molecule has 106 valence electrons. The second-order valence-corrected chi connectivity index (χ2v) is 5.28. The summed E-state index contributed by atoms with van der Waals surface area (Å²) in [5.41, 5.74) is 8.84. The molecule has 0 amide bonds. The highest BCUT2D eigenvalue weighted by Crippen LogP contribution is 2.35. The van der Waals surface area contributed by atoms with Gasteiger partial charge in [0.05, 0.1) is 7.11 Å². The predicted molar refractivity (Wildman–Crippen MR) is 88.8 cm³/mol. The third kappa shape index (κ3) is 2.48. The highest BCUT2D eigenvalue weighted by Gasteiger charge is 2.09. The fourth-order valence-corrected chi connectivity index (χ4v) is 2.84. The van der Waals surface area contributed by atoms with E-state index in [2.05, 4.69) is 24.3 Å². The summed E-state index contributed by atoms with van der Waals surface area (Å²) < 4.78 is 5.44. The molecule has 0 atom stereocenters. The Labute approximate surface area is 129 Å². The number of hydrogen-bond acceptors (Lipinski definition) is 2. The minimum Gasteiger partial charge on any atom is -0.496 e. The normalized spacial score (nSPS) is 10.8. The molecule has 2 N–H and O–H groups in total. The van der Waals surface area contributed by atoms with Gasteiger partial charge < -0.3 is 10.5 Å². The summed E-state index contributed by atoms with van der Waals surface area (Å²) in [7, 11) is 1.69. The third-order valence-corrected chi connectivity index (χ3v) is 4.04. The topological polar surface area (TPSA) is 35.2 Å². The lowest BCUT2D eigenvalue weighted by Crippen LogP contribution is -1.97. The first-order chi connectivity index (χ1) is 10.2. The molecule has 21 heavy (non-hydrogen) atoms. The van der Waals surface area contributed by atoms with Crippen LogP contribution in [-0.2, 0) is 6.54 Å². The molecule has 0 heterocycles. The Kier molecular flexibility index (Phi) is 3.82. The van der Waals surface area contributed by atoms with Gasteiger partial charge in [0, 0.05) is 17.0 Å². The van der Waals surface area contributed by atoms with Crippen molar-refractivity contribution in [3.8, 4) is 16.9 Å². The third-order valence-electron chi connectivity index (χ3n) is 3.69. The maximum absolute atomic E-state index is 6.28. The summed E-state index contributed by atoms with van der Waals surface area (Å²) in [5, 5.41) is 2.94. The molecule has 0 fully saturated rings. The predicted octanol–water partition coefficient (Wildman–Crippen LogP) is 4.63. The monoisotopic (exact) mass is 297 g/mol. The van der Waals surface area contributed by atoms with Crippen molar-refractivity contribution in [1.82, 2.24) is 0 Å². The van der Waals surface area contributed by atoms with Crippen LogP contribution in [0.1, 0.15) is 5.56 Å². The van der Waals surface area contributed by atoms with Crippen LogP contribution in [0.25, 0.3) is 21.9 Å². The van der Waals surface area contributed by atoms with Gasteiger partial charge in [-0.2, -0.15) is 0 Å². The summed E-state index contributed by atoms with van der Waals surface area (Å²) in [6.45, 7) is 0.447. The smallest absolute Gasteiger partial charge is 0.126 e. The van der Waals surface area contributed by atoms with E-state index in [4.69, 9.17) is 22.1 Å². The molecule has 0 radical (unpaired) electrons. The van der Waals surface area contributed by atoms with Crippen LogP contribution in [0.3, 0.4) is 0 Å². The Morgan fingerprint density at radius 1 is 1.00 bits per heavy atom. The Bertz CT molecular complexity index is 798. The summed E-state index contributed by atoms with van der Waals surface area (Å²) in [5.74, 6) is 0.874. The lowest BCUT2D eigenvalue weighted by atomic mass is 9.97. The molecule has 0 aliphatic rings. The van der Waals surface area contributed by atoms with Crippen molar-refractivity contribution >= 4 is 22.4 Å². The molecule has 0 unspecified atom stereocenters. The van der Waals surface area contributed by atoms with Crippen molar-refractivity contribution in [2.24, 2.45) is 5.73 Å². The van der Waals surface area contributed by atoms with Gasteiger partial charge in [-0.05, 0) is 34.2 Å². The highest BCUT2D eigenvalue weighted by molar-refractivity contribution is 6.31. The standard InChI is InChI=1S/C18H16ClNO/c1-21-18-9-8-14(15-4-2-3-5-16(15)18)12-6-7-13(11-20)17(19)10-12/h2-10H,11,20H2,1H3. The maximum atomic E-state index is 6.28. The zero-order chi connectivity index (χ0) is 14.8. The van der Waals surface area contributed by atoms with Crippen LogP contribution in [0, 0.1) is 0 Å². The Balaban J connectivity index is 2.23. The van der Waals surface area contributed by atoms with Gasteiger partial charge in [0.25, 0.3) is 0 Å². The first-order valence-corrected chi connectivity index (χ1v) is 7.17. The van der Waals surface area contributed by atoms with E-state index in [9.17, 15) is 0 Å². The SMILES string of the molecule is COc1ccc(-c2ccc(CN)c(Cl)c2)c2ccccc12. The summed E-state index contributed by atoms with van der Waals surface area (Å²) in [6, 6.07) is 18.3. The van der Waals surface area contributed by atoms with Crippen molar-refractivity contribution < 1.29 is 4.74 Å². The molecule has 0 saturated heterocycles. The van der Waals surface area contributed by atoms with Crippen LogP contribution < -0.4 is 10.5 Å². The molecule has 3 rings (SSSR count). The number of rotatable bonds is 3. The van der Waals surface area contributed by atoms with E-state index in [-0.39, 0.29) is 0 Å². The van der Waals surface area contributed by atoms with E-state index < -0.39 is 0 Å². The fourth-order valence-electron chi connectivity index (χ4n) is 2.58. The van der Waals surface area contributed by atoms with Crippen LogP contribution in [-0.4, -0.2) is 7.11 Å². The van der Waals surface area contributed by atoms with Crippen LogP contribution in [0.4, 0.5) is 0 Å². The summed E-state index contributed by atoms with van der Waals surface area (Å²) >= 11 is 6.28. The van der Waals surface area contributed by atoms with Gasteiger partial charge in [0.2, 0.25) is 0 Å². The lowest BCUT2D eigenvalue weighted by Gasteiger charge is -2.12. The van der Waals surface area contributed by atoms with E-state index in [1.54, 1.807) is 7.11 Å². The summed E-state index contributed by atoms with van der Waals surface area (Å²) in [4.78, 5) is 0. The van der Waals surface area contributed by atoms with Crippen molar-refractivity contribution in [1.29, 1.82) is 0 Å². The van der Waals surface area contributed by atoms with Gasteiger partial charge in [0.1, 0.15) is 5.75 Å². The number of benzene rings is 3. The number of fused-ring (bicyclic) bond motifs is 1. The minimum absolute atomic E-state index is 0.447. The van der Waals surface area contributed by atoms with Crippen LogP contribution >= 0.6 is 11.6 Å². The highest BCUT2D eigenvalue weighted by atomic mass is 35.5. The fraction of sp³-hybridized carbons (Fsp3) is 0.111. The van der Waals surface area contributed by atoms with Crippen molar-refractivity contribution in [2.75, 3.05) is 7.11 Å². The maximum Gasteiger partial charge on any atom is 0.126 e. The molecule has 0 aliphatic carbocycles. The number of halogens is 1. The van der Waals surface area contributed by atoms with Crippen molar-refractivity contribution in [3.63, 3.8) is 0 Å². The van der Waals surface area contributed by atoms with Gasteiger partial charge in [-0.15, -0.1) is 0 Å². The van der Waals surface area contributed by atoms with E-state index in [1.165, 1.54) is 0 Å². The molecule has 0 aromatic heterocycles. The molecular formula is C18H16ClNO. The summed E-state index contributed by atoms with van der Waals surface area (Å²) in [6.07, 6.45) is 0. The molecule has 0 spiro atoms. The van der Waals surface area contributed by atoms with Gasteiger partial charge in [-0.3, -0.25) is 0 Å². The quantitative estimate of drug-likeness (QED) is 0.765. The van der Waals surface area contributed by atoms with Crippen LogP contribution in [0.2, 0.25) is 5.02 Å². The van der Waals surface area contributed by atoms with Gasteiger partial charge in [-0.25, -0.2) is 0 Å². The molecule has 0 bridgehead atoms. The zero-order valence-electron chi connectivity index (χ0n) is 11.8. The molecule has 0 saturated carbocycles. The van der Waals surface area contributed by atoms with Crippen molar-refractivity contribution in [3.05, 3.63) is 65.2 Å².